The highest BCUT2D eigenvalue weighted by Crippen LogP contribution is 2.23. The number of imidazole rings is 1. The van der Waals surface area contributed by atoms with Gasteiger partial charge in [0.05, 0.1) is 5.69 Å². The van der Waals surface area contributed by atoms with E-state index in [9.17, 15) is 4.79 Å². The first kappa shape index (κ1) is 11.3. The molecule has 0 amide bonds. The van der Waals surface area contributed by atoms with Gasteiger partial charge < -0.3 is 10.3 Å². The van der Waals surface area contributed by atoms with Gasteiger partial charge >= 0.3 is 5.69 Å². The first-order valence-electron chi connectivity index (χ1n) is 6.44. The molecule has 4 nitrogen and oxygen atoms in total. The molecule has 2 N–H and O–H groups in total. The predicted molar refractivity (Wildman–Crippen MR) is 71.0 cm³/mol. The van der Waals surface area contributed by atoms with Crippen LogP contribution in [0.4, 0.5) is 0 Å². The molecule has 18 heavy (non-hydrogen) atoms. The molecule has 4 heteroatoms. The fourth-order valence-electron chi connectivity index (χ4n) is 2.53. The molecule has 2 aromatic rings. The van der Waals surface area contributed by atoms with E-state index in [2.05, 4.69) is 22.4 Å². The van der Waals surface area contributed by atoms with E-state index in [4.69, 9.17) is 0 Å². The van der Waals surface area contributed by atoms with Gasteiger partial charge in [-0.3, -0.25) is 4.57 Å². The largest absolute Gasteiger partial charge is 0.330 e. The lowest BCUT2D eigenvalue weighted by Gasteiger charge is -2.23. The summed E-state index contributed by atoms with van der Waals surface area (Å²) in [6.07, 6.45) is 7.16. The van der Waals surface area contributed by atoms with Crippen molar-refractivity contribution in [3.63, 3.8) is 0 Å². The van der Waals surface area contributed by atoms with Gasteiger partial charge in [0.15, 0.2) is 0 Å². The van der Waals surface area contributed by atoms with Crippen molar-refractivity contribution in [1.29, 1.82) is 0 Å². The maximum atomic E-state index is 11.5. The molecular weight excluding hydrogens is 226 g/mol. The second kappa shape index (κ2) is 4.82. The minimum Gasteiger partial charge on any atom is -0.312 e. The Bertz CT molecular complexity index is 561. The monoisotopic (exact) mass is 243 g/mol. The average molecular weight is 243 g/mol. The molecule has 0 bridgehead atoms. The zero-order valence-electron chi connectivity index (χ0n) is 10.2. The summed E-state index contributed by atoms with van der Waals surface area (Å²) in [5, 5.41) is 3.53. The number of rotatable bonds is 2. The van der Waals surface area contributed by atoms with Crippen LogP contribution in [0.15, 0.2) is 41.5 Å². The molecule has 1 atom stereocenters. The van der Waals surface area contributed by atoms with E-state index < -0.39 is 0 Å². The molecule has 1 aromatic carbocycles. The maximum absolute atomic E-state index is 11.5. The third kappa shape index (κ3) is 2.11. The van der Waals surface area contributed by atoms with E-state index in [0.29, 0.717) is 6.04 Å². The summed E-state index contributed by atoms with van der Waals surface area (Å²) in [5.74, 6) is 0. The zero-order valence-corrected chi connectivity index (χ0v) is 10.2. The molecule has 3 rings (SSSR count). The Hall–Kier alpha value is -1.81. The molecule has 1 aromatic heterocycles. The van der Waals surface area contributed by atoms with Crippen LogP contribution in [0.25, 0.3) is 5.69 Å². The van der Waals surface area contributed by atoms with Crippen LogP contribution in [-0.4, -0.2) is 16.1 Å². The lowest BCUT2D eigenvalue weighted by molar-refractivity contribution is 0.412. The first-order valence-corrected chi connectivity index (χ1v) is 6.44. The van der Waals surface area contributed by atoms with E-state index in [1.165, 1.54) is 24.8 Å². The molecule has 1 aliphatic rings. The Kier molecular flexibility index (Phi) is 3.02. The third-order valence-electron chi connectivity index (χ3n) is 3.53. The minimum absolute atomic E-state index is 0.0986. The van der Waals surface area contributed by atoms with E-state index in [-0.39, 0.29) is 5.69 Å². The minimum atomic E-state index is -0.0986. The van der Waals surface area contributed by atoms with E-state index in [0.717, 1.165) is 12.2 Å². The van der Waals surface area contributed by atoms with Gasteiger partial charge in [0.2, 0.25) is 0 Å². The molecular formula is C14H17N3O. The highest BCUT2D eigenvalue weighted by atomic mass is 16.1. The van der Waals surface area contributed by atoms with Crippen LogP contribution in [0, 0.1) is 0 Å². The van der Waals surface area contributed by atoms with Crippen LogP contribution in [0.2, 0.25) is 0 Å². The molecule has 0 aliphatic carbocycles. The fourth-order valence-corrected chi connectivity index (χ4v) is 2.53. The number of nitrogens with one attached hydrogen (secondary N) is 2. The maximum Gasteiger partial charge on any atom is 0.330 e. The van der Waals surface area contributed by atoms with Gasteiger partial charge in [0.25, 0.3) is 0 Å². The van der Waals surface area contributed by atoms with Gasteiger partial charge in [-0.2, -0.15) is 0 Å². The molecule has 0 saturated carbocycles. The Balaban J connectivity index is 1.85. The van der Waals surface area contributed by atoms with Crippen molar-refractivity contribution < 1.29 is 0 Å². The topological polar surface area (TPSA) is 49.8 Å². The summed E-state index contributed by atoms with van der Waals surface area (Å²) >= 11 is 0. The molecule has 1 unspecified atom stereocenters. The summed E-state index contributed by atoms with van der Waals surface area (Å²) in [6.45, 7) is 1.10. The zero-order chi connectivity index (χ0) is 12.4. The summed E-state index contributed by atoms with van der Waals surface area (Å²) in [6, 6.07) is 8.69. The summed E-state index contributed by atoms with van der Waals surface area (Å²) < 4.78 is 1.61. The van der Waals surface area contributed by atoms with E-state index in [1.54, 1.807) is 17.0 Å². The number of piperidine rings is 1. The SMILES string of the molecule is O=c1[nH]ccn1-c1ccc(C2CCCCN2)cc1. The number of benzene rings is 1. The Morgan fingerprint density at radius 2 is 2.00 bits per heavy atom. The Morgan fingerprint density at radius 3 is 2.61 bits per heavy atom. The van der Waals surface area contributed by atoms with Crippen LogP contribution < -0.4 is 11.0 Å². The molecule has 1 fully saturated rings. The van der Waals surface area contributed by atoms with Crippen LogP contribution >= 0.6 is 0 Å². The van der Waals surface area contributed by atoms with Crippen molar-refractivity contribution in [2.75, 3.05) is 6.54 Å². The molecule has 0 spiro atoms. The quantitative estimate of drug-likeness (QED) is 0.847. The van der Waals surface area contributed by atoms with Crippen molar-refractivity contribution in [3.05, 3.63) is 52.7 Å². The lowest BCUT2D eigenvalue weighted by atomic mass is 9.97. The normalized spacial score (nSPS) is 19.9. The van der Waals surface area contributed by atoms with Crippen LogP contribution in [0.3, 0.4) is 0 Å². The van der Waals surface area contributed by atoms with Gasteiger partial charge in [-0.25, -0.2) is 4.79 Å². The smallest absolute Gasteiger partial charge is 0.312 e. The average Bonchev–Trinajstić information content (AvgIpc) is 2.86. The van der Waals surface area contributed by atoms with Crippen molar-refractivity contribution in [3.8, 4) is 5.69 Å². The summed E-state index contributed by atoms with van der Waals surface area (Å²) in [4.78, 5) is 14.1. The number of aromatic amines is 1. The standard InChI is InChI=1S/C14H17N3O/c18-14-16-9-10-17(14)12-6-4-11(5-7-12)13-3-1-2-8-15-13/h4-7,9-10,13,15H,1-3,8H2,(H,16,18). The predicted octanol–water partition coefficient (Wildman–Crippen LogP) is 1.98. The summed E-state index contributed by atoms with van der Waals surface area (Å²) in [5.41, 5.74) is 2.11. The Labute approximate surface area is 106 Å². The Morgan fingerprint density at radius 1 is 1.17 bits per heavy atom. The molecule has 94 valence electrons. The highest BCUT2D eigenvalue weighted by molar-refractivity contribution is 5.35. The number of hydrogen-bond donors (Lipinski definition) is 2. The number of nitrogens with zero attached hydrogens (tertiary/aromatic N) is 1. The molecule has 1 aliphatic heterocycles. The van der Waals surface area contributed by atoms with Crippen LogP contribution in [0.5, 0.6) is 0 Å². The fraction of sp³-hybridized carbons (Fsp3) is 0.357. The molecule has 0 radical (unpaired) electrons. The molecule has 1 saturated heterocycles. The van der Waals surface area contributed by atoms with Crippen molar-refractivity contribution in [2.45, 2.75) is 25.3 Å². The second-order valence-electron chi connectivity index (χ2n) is 4.73. The molecule has 2 heterocycles. The van der Waals surface area contributed by atoms with E-state index >= 15 is 0 Å². The number of hydrogen-bond acceptors (Lipinski definition) is 2. The van der Waals surface area contributed by atoms with Crippen molar-refractivity contribution in [2.24, 2.45) is 0 Å². The third-order valence-corrected chi connectivity index (χ3v) is 3.53. The first-order chi connectivity index (χ1) is 8.84. The summed E-state index contributed by atoms with van der Waals surface area (Å²) in [7, 11) is 0. The van der Waals surface area contributed by atoms with Gasteiger partial charge in [-0.15, -0.1) is 0 Å². The van der Waals surface area contributed by atoms with Crippen molar-refractivity contribution in [1.82, 2.24) is 14.9 Å². The van der Waals surface area contributed by atoms with Gasteiger partial charge in [0.1, 0.15) is 0 Å². The van der Waals surface area contributed by atoms with Crippen LogP contribution in [0.1, 0.15) is 30.9 Å². The van der Waals surface area contributed by atoms with Gasteiger partial charge in [-0.1, -0.05) is 18.6 Å². The van der Waals surface area contributed by atoms with Crippen LogP contribution in [-0.2, 0) is 0 Å². The number of H-pyrrole nitrogens is 1. The van der Waals surface area contributed by atoms with Crippen molar-refractivity contribution >= 4 is 0 Å². The second-order valence-corrected chi connectivity index (χ2v) is 4.73. The lowest BCUT2D eigenvalue weighted by Crippen LogP contribution is -2.26. The van der Waals surface area contributed by atoms with E-state index in [1.807, 2.05) is 12.1 Å². The highest BCUT2D eigenvalue weighted by Gasteiger charge is 2.14. The van der Waals surface area contributed by atoms with Gasteiger partial charge in [-0.05, 0) is 37.1 Å². The number of aromatic nitrogens is 2. The van der Waals surface area contributed by atoms with Gasteiger partial charge in [0, 0.05) is 18.4 Å².